The van der Waals surface area contributed by atoms with Crippen LogP contribution in [0.2, 0.25) is 5.02 Å². The highest BCUT2D eigenvalue weighted by Gasteiger charge is 2.11. The van der Waals surface area contributed by atoms with Gasteiger partial charge in [-0.05, 0) is 36.8 Å². The Kier molecular flexibility index (Phi) is 3.96. The molecule has 4 heteroatoms. The number of benzene rings is 2. The summed E-state index contributed by atoms with van der Waals surface area (Å²) in [5.74, 6) is 0. The highest BCUT2D eigenvalue weighted by molar-refractivity contribution is 9.10. The van der Waals surface area contributed by atoms with E-state index in [1.54, 1.807) is 0 Å². The van der Waals surface area contributed by atoms with Gasteiger partial charge in [-0.25, -0.2) is 0 Å². The molecule has 0 aliphatic carbocycles. The van der Waals surface area contributed by atoms with Gasteiger partial charge in [0.2, 0.25) is 0 Å². The van der Waals surface area contributed by atoms with Gasteiger partial charge >= 0.3 is 0 Å². The van der Waals surface area contributed by atoms with Gasteiger partial charge in [0, 0.05) is 28.1 Å². The fourth-order valence-corrected chi connectivity index (χ4v) is 3.44. The lowest BCUT2D eigenvalue weighted by Crippen LogP contribution is -2.06. The molecule has 21 heavy (non-hydrogen) atoms. The molecular formula is C17H16BrClN2. The Morgan fingerprint density at radius 2 is 1.95 bits per heavy atom. The van der Waals surface area contributed by atoms with Crippen LogP contribution in [0.25, 0.3) is 10.9 Å². The Bertz CT molecular complexity index is 769. The van der Waals surface area contributed by atoms with Crippen molar-refractivity contribution < 1.29 is 0 Å². The minimum absolute atomic E-state index is 0.723. The molecular weight excluding hydrogens is 348 g/mol. The molecule has 0 radical (unpaired) electrons. The molecule has 108 valence electrons. The third-order valence-electron chi connectivity index (χ3n) is 3.88. The highest BCUT2D eigenvalue weighted by Crippen LogP contribution is 2.28. The van der Waals surface area contributed by atoms with Crippen molar-refractivity contribution in [1.82, 2.24) is 4.57 Å². The van der Waals surface area contributed by atoms with E-state index >= 15 is 0 Å². The zero-order valence-electron chi connectivity index (χ0n) is 12.0. The normalized spacial score (nSPS) is 11.0. The summed E-state index contributed by atoms with van der Waals surface area (Å²) < 4.78 is 3.23. The molecule has 1 aromatic heterocycles. The van der Waals surface area contributed by atoms with Crippen LogP contribution in [0, 0.1) is 6.92 Å². The quantitative estimate of drug-likeness (QED) is 0.649. The van der Waals surface area contributed by atoms with Crippen molar-refractivity contribution in [2.75, 3.05) is 5.32 Å². The third-order valence-corrected chi connectivity index (χ3v) is 4.69. The molecule has 0 saturated heterocycles. The first-order chi connectivity index (χ1) is 10.1. The zero-order valence-corrected chi connectivity index (χ0v) is 14.3. The van der Waals surface area contributed by atoms with Crippen LogP contribution in [0.5, 0.6) is 0 Å². The molecule has 3 aromatic rings. The van der Waals surface area contributed by atoms with E-state index in [4.69, 9.17) is 11.6 Å². The monoisotopic (exact) mass is 362 g/mol. The minimum Gasteiger partial charge on any atom is -0.378 e. The topological polar surface area (TPSA) is 17.0 Å². The van der Waals surface area contributed by atoms with Crippen molar-refractivity contribution in [3.05, 3.63) is 63.2 Å². The predicted octanol–water partition coefficient (Wildman–Crippen LogP) is 5.51. The van der Waals surface area contributed by atoms with Crippen molar-refractivity contribution in [1.29, 1.82) is 0 Å². The third kappa shape index (κ3) is 2.68. The number of aryl methyl sites for hydroxylation is 2. The van der Waals surface area contributed by atoms with E-state index < -0.39 is 0 Å². The van der Waals surface area contributed by atoms with Gasteiger partial charge in [0.15, 0.2) is 0 Å². The van der Waals surface area contributed by atoms with E-state index in [-0.39, 0.29) is 0 Å². The number of anilines is 1. The summed E-state index contributed by atoms with van der Waals surface area (Å²) >= 11 is 9.68. The maximum atomic E-state index is 6.25. The molecule has 0 aliphatic heterocycles. The van der Waals surface area contributed by atoms with E-state index in [0.717, 1.165) is 21.7 Å². The number of rotatable bonds is 3. The van der Waals surface area contributed by atoms with E-state index in [9.17, 15) is 0 Å². The van der Waals surface area contributed by atoms with Gasteiger partial charge in [0.05, 0.1) is 17.3 Å². The second kappa shape index (κ2) is 5.74. The first kappa shape index (κ1) is 14.5. The fourth-order valence-electron chi connectivity index (χ4n) is 2.70. The number of aromatic nitrogens is 1. The fraction of sp³-hybridized carbons (Fsp3) is 0.176. The van der Waals surface area contributed by atoms with E-state index in [1.807, 2.05) is 18.2 Å². The molecule has 0 bridgehead atoms. The standard InChI is InChI=1S/C17H16BrClN2/c1-11-13-5-3-4-6-16(13)21(2)17(11)10-20-15-8-7-12(18)9-14(15)19/h3-9,20H,10H2,1-2H3. The van der Waals surface area contributed by atoms with Crippen LogP contribution in [0.15, 0.2) is 46.9 Å². The van der Waals surface area contributed by atoms with Gasteiger partial charge in [-0.1, -0.05) is 45.7 Å². The summed E-state index contributed by atoms with van der Waals surface area (Å²) in [6.45, 7) is 2.92. The first-order valence-electron chi connectivity index (χ1n) is 6.79. The number of hydrogen-bond acceptors (Lipinski definition) is 1. The van der Waals surface area contributed by atoms with E-state index in [0.29, 0.717) is 0 Å². The molecule has 3 rings (SSSR count). The van der Waals surface area contributed by atoms with Crippen LogP contribution in [0.4, 0.5) is 5.69 Å². The van der Waals surface area contributed by atoms with E-state index in [1.165, 1.54) is 22.2 Å². The predicted molar refractivity (Wildman–Crippen MR) is 94.1 cm³/mol. The van der Waals surface area contributed by atoms with Crippen molar-refractivity contribution >= 4 is 44.1 Å². The molecule has 1 heterocycles. The summed E-state index contributed by atoms with van der Waals surface area (Å²) in [4.78, 5) is 0. The maximum Gasteiger partial charge on any atom is 0.0648 e. The molecule has 0 fully saturated rings. The van der Waals surface area contributed by atoms with Crippen molar-refractivity contribution in [3.8, 4) is 0 Å². The number of para-hydroxylation sites is 1. The molecule has 2 nitrogen and oxygen atoms in total. The van der Waals surface area contributed by atoms with Crippen LogP contribution in [-0.2, 0) is 13.6 Å². The highest BCUT2D eigenvalue weighted by atomic mass is 79.9. The summed E-state index contributed by atoms with van der Waals surface area (Å²) in [5.41, 5.74) is 4.79. The Morgan fingerprint density at radius 3 is 2.67 bits per heavy atom. The van der Waals surface area contributed by atoms with Gasteiger partial charge in [-0.2, -0.15) is 0 Å². The maximum absolute atomic E-state index is 6.25. The molecule has 0 saturated carbocycles. The second-order valence-corrected chi connectivity index (χ2v) is 6.45. The lowest BCUT2D eigenvalue weighted by atomic mass is 10.1. The second-order valence-electron chi connectivity index (χ2n) is 5.13. The van der Waals surface area contributed by atoms with Gasteiger partial charge in [-0.15, -0.1) is 0 Å². The molecule has 0 aliphatic rings. The van der Waals surface area contributed by atoms with Gasteiger partial charge in [-0.3, -0.25) is 0 Å². The SMILES string of the molecule is Cc1c(CNc2ccc(Br)cc2Cl)n(C)c2ccccc12. The Balaban J connectivity index is 1.92. The Hall–Kier alpha value is -1.45. The smallest absolute Gasteiger partial charge is 0.0648 e. The van der Waals surface area contributed by atoms with Crippen LogP contribution >= 0.6 is 27.5 Å². The molecule has 2 aromatic carbocycles. The number of nitrogens with one attached hydrogen (secondary N) is 1. The number of fused-ring (bicyclic) bond motifs is 1. The summed E-state index contributed by atoms with van der Waals surface area (Å²) in [5, 5.41) is 5.45. The lowest BCUT2D eigenvalue weighted by molar-refractivity contribution is 0.862. The minimum atomic E-state index is 0.723. The van der Waals surface area contributed by atoms with Crippen molar-refractivity contribution in [2.45, 2.75) is 13.5 Å². The number of halogens is 2. The van der Waals surface area contributed by atoms with Gasteiger partial charge in [0.25, 0.3) is 0 Å². The average molecular weight is 364 g/mol. The molecule has 0 unspecified atom stereocenters. The average Bonchev–Trinajstić information content (AvgIpc) is 2.71. The van der Waals surface area contributed by atoms with Crippen LogP contribution in [0.1, 0.15) is 11.3 Å². The Labute approximate surface area is 137 Å². The molecule has 1 N–H and O–H groups in total. The number of nitrogens with zero attached hydrogens (tertiary/aromatic N) is 1. The van der Waals surface area contributed by atoms with Crippen molar-refractivity contribution in [3.63, 3.8) is 0 Å². The molecule has 0 spiro atoms. The van der Waals surface area contributed by atoms with Crippen LogP contribution in [0.3, 0.4) is 0 Å². The first-order valence-corrected chi connectivity index (χ1v) is 7.97. The van der Waals surface area contributed by atoms with Gasteiger partial charge < -0.3 is 9.88 Å². The Morgan fingerprint density at radius 1 is 1.19 bits per heavy atom. The zero-order chi connectivity index (χ0) is 15.0. The largest absolute Gasteiger partial charge is 0.378 e. The number of hydrogen-bond donors (Lipinski definition) is 1. The summed E-state index contributed by atoms with van der Waals surface area (Å²) in [6, 6.07) is 14.4. The van der Waals surface area contributed by atoms with E-state index in [2.05, 4.69) is 64.1 Å². The molecule has 0 atom stereocenters. The summed E-state index contributed by atoms with van der Waals surface area (Å²) in [7, 11) is 2.11. The van der Waals surface area contributed by atoms with Gasteiger partial charge in [0.1, 0.15) is 0 Å². The lowest BCUT2D eigenvalue weighted by Gasteiger charge is -2.11. The van der Waals surface area contributed by atoms with Crippen molar-refractivity contribution in [2.24, 2.45) is 7.05 Å². The summed E-state index contributed by atoms with van der Waals surface area (Å²) in [6.07, 6.45) is 0. The van der Waals surface area contributed by atoms with Crippen LogP contribution in [-0.4, -0.2) is 4.57 Å². The van der Waals surface area contributed by atoms with Crippen LogP contribution < -0.4 is 5.32 Å². The molecule has 0 amide bonds.